The Kier molecular flexibility index (Phi) is 25.3. The van der Waals surface area contributed by atoms with Crippen molar-refractivity contribution in [1.82, 2.24) is 16.0 Å². The van der Waals surface area contributed by atoms with Gasteiger partial charge in [0, 0.05) is 45.1 Å². The fourth-order valence-electron chi connectivity index (χ4n) is 4.51. The summed E-state index contributed by atoms with van der Waals surface area (Å²) in [7, 11) is 0. The maximum absolute atomic E-state index is 12.9. The zero-order valence-corrected chi connectivity index (χ0v) is 33.2. The Labute approximate surface area is 322 Å². The van der Waals surface area contributed by atoms with E-state index in [4.69, 9.17) is 24.7 Å². The number of ether oxygens (including phenoxy) is 4. The molecule has 18 heteroatoms. The van der Waals surface area contributed by atoms with Gasteiger partial charge < -0.3 is 56.2 Å². The largest absolute Gasteiger partial charge is 0.479 e. The maximum Gasteiger partial charge on any atom is 0.333 e. The van der Waals surface area contributed by atoms with E-state index in [1.165, 1.54) is 19.1 Å². The van der Waals surface area contributed by atoms with Crippen molar-refractivity contribution in [3.8, 4) is 5.75 Å². The predicted octanol–water partition coefficient (Wildman–Crippen LogP) is 2.39. The van der Waals surface area contributed by atoms with Gasteiger partial charge in [0.25, 0.3) is 0 Å². The summed E-state index contributed by atoms with van der Waals surface area (Å²) >= 11 is 0. The third-order valence-electron chi connectivity index (χ3n) is 7.41. The summed E-state index contributed by atoms with van der Waals surface area (Å²) in [6.07, 6.45) is -2.43. The molecule has 1 aromatic rings. The topological polar surface area (TPSA) is 271 Å². The zero-order chi connectivity index (χ0) is 42.1. The molecule has 4 unspecified atom stereocenters. The van der Waals surface area contributed by atoms with Crippen LogP contribution in [-0.2, 0) is 49.6 Å². The van der Waals surface area contributed by atoms with Crippen molar-refractivity contribution < 1.29 is 62.7 Å². The van der Waals surface area contributed by atoms with Gasteiger partial charge in [-0.1, -0.05) is 54.5 Å². The summed E-state index contributed by atoms with van der Waals surface area (Å²) < 4.78 is 21.6. The third-order valence-corrected chi connectivity index (χ3v) is 7.41. The molecule has 2 rings (SSSR count). The number of primary amides is 1. The Bertz CT molecular complexity index is 1390. The number of ketones is 1. The molecule has 8 N–H and O–H groups in total. The molecule has 55 heavy (non-hydrogen) atoms. The number of urea groups is 1. The van der Waals surface area contributed by atoms with Gasteiger partial charge in [-0.25, -0.2) is 9.59 Å². The molecule has 0 saturated carbocycles. The number of nitrogens with two attached hydrogens (primary N) is 1. The van der Waals surface area contributed by atoms with Gasteiger partial charge in [-0.3, -0.25) is 24.0 Å². The average molecular weight is 784 g/mol. The molecular formula is C37H61N5O13. The lowest BCUT2D eigenvalue weighted by atomic mass is 10.0. The van der Waals surface area contributed by atoms with E-state index < -0.39 is 66.8 Å². The van der Waals surface area contributed by atoms with Crippen molar-refractivity contribution in [1.29, 1.82) is 0 Å². The molecule has 1 aliphatic heterocycles. The normalized spacial score (nSPS) is 16.5. The number of carboxylic acids is 1. The average Bonchev–Trinajstić information content (AvgIpc) is 3.12. The van der Waals surface area contributed by atoms with Crippen LogP contribution < -0.4 is 31.7 Å². The van der Waals surface area contributed by atoms with Crippen LogP contribution in [0.5, 0.6) is 5.75 Å². The van der Waals surface area contributed by atoms with E-state index in [-0.39, 0.29) is 74.6 Å². The number of aliphatic carboxylic acids is 1. The Balaban J connectivity index is 0.00000290. The summed E-state index contributed by atoms with van der Waals surface area (Å²) in [6.45, 7) is 14.7. The minimum atomic E-state index is -1.30. The van der Waals surface area contributed by atoms with Crippen molar-refractivity contribution in [2.75, 3.05) is 31.6 Å². The lowest BCUT2D eigenvalue weighted by Gasteiger charge is -2.31. The molecule has 1 aliphatic rings. The van der Waals surface area contributed by atoms with E-state index in [9.17, 15) is 43.8 Å². The highest BCUT2D eigenvalue weighted by Gasteiger charge is 2.34. The number of carboxylic acid groups (broad SMARTS) is 1. The molecule has 312 valence electrons. The Morgan fingerprint density at radius 3 is 2.16 bits per heavy atom. The number of hydrogen-bond acceptors (Lipinski definition) is 12. The van der Waals surface area contributed by atoms with Gasteiger partial charge in [0.2, 0.25) is 24.0 Å². The number of carbonyl (C=O) groups is 7. The Hall–Kier alpha value is -4.81. The van der Waals surface area contributed by atoms with Gasteiger partial charge in [-0.15, -0.1) is 0 Å². The fraction of sp³-hybridized carbons (Fsp3) is 0.649. The maximum atomic E-state index is 12.9. The molecule has 0 spiro atoms. The minimum absolute atomic E-state index is 0.0158. The number of amides is 5. The monoisotopic (exact) mass is 783 g/mol. The number of benzene rings is 1. The highest BCUT2D eigenvalue weighted by molar-refractivity contribution is 5.97. The molecule has 1 fully saturated rings. The summed E-state index contributed by atoms with van der Waals surface area (Å²) in [5.41, 5.74) is 5.37. The van der Waals surface area contributed by atoms with Crippen LogP contribution in [0.25, 0.3) is 0 Å². The predicted molar refractivity (Wildman–Crippen MR) is 202 cm³/mol. The third kappa shape index (κ3) is 22.2. The van der Waals surface area contributed by atoms with Crippen LogP contribution in [-0.4, -0.2) is 103 Å². The second-order valence-electron chi connectivity index (χ2n) is 12.8. The number of anilines is 1. The SMILES string of the molecule is CC.CC(=O)OCc1ccc(NC(=O)CNC(=O)C(NC(=O)CCOCCC(=O)C(C)C)C(C)C)c(OC2CC(O)CC(C(=O)O)O2)c1.CCCNC(N)=O. The van der Waals surface area contributed by atoms with Crippen LogP contribution in [0.4, 0.5) is 10.5 Å². The molecule has 1 aromatic carbocycles. The number of hydrogen-bond donors (Lipinski definition) is 7. The fourth-order valence-corrected chi connectivity index (χ4v) is 4.51. The van der Waals surface area contributed by atoms with Gasteiger partial charge in [0.05, 0.1) is 31.5 Å². The molecule has 5 amide bonds. The van der Waals surface area contributed by atoms with Crippen LogP contribution in [0.1, 0.15) is 93.1 Å². The Morgan fingerprint density at radius 1 is 0.964 bits per heavy atom. The molecule has 0 radical (unpaired) electrons. The van der Waals surface area contributed by atoms with Crippen molar-refractivity contribution in [3.05, 3.63) is 23.8 Å². The second kappa shape index (κ2) is 27.7. The first-order valence-corrected chi connectivity index (χ1v) is 18.4. The highest BCUT2D eigenvalue weighted by Crippen LogP contribution is 2.31. The van der Waals surface area contributed by atoms with Gasteiger partial charge in [0.1, 0.15) is 24.2 Å². The minimum Gasteiger partial charge on any atom is -0.479 e. The number of carbonyl (C=O) groups excluding carboxylic acids is 6. The van der Waals surface area contributed by atoms with E-state index in [2.05, 4.69) is 21.3 Å². The first-order valence-electron chi connectivity index (χ1n) is 18.4. The molecule has 1 saturated heterocycles. The quantitative estimate of drug-likeness (QED) is 0.0741. The summed E-state index contributed by atoms with van der Waals surface area (Å²) in [4.78, 5) is 82.4. The molecule has 0 aliphatic carbocycles. The smallest absolute Gasteiger partial charge is 0.333 e. The molecule has 4 atom stereocenters. The number of esters is 1. The van der Waals surface area contributed by atoms with E-state index in [1.54, 1.807) is 33.8 Å². The number of rotatable bonds is 20. The first kappa shape index (κ1) is 50.2. The van der Waals surface area contributed by atoms with E-state index >= 15 is 0 Å². The number of aliphatic hydroxyl groups is 1. The van der Waals surface area contributed by atoms with Crippen molar-refractivity contribution in [3.63, 3.8) is 0 Å². The van der Waals surface area contributed by atoms with Gasteiger partial charge in [-0.2, -0.15) is 0 Å². The first-order chi connectivity index (χ1) is 25.9. The van der Waals surface area contributed by atoms with Gasteiger partial charge in [0.15, 0.2) is 6.10 Å². The lowest BCUT2D eigenvalue weighted by Crippen LogP contribution is -2.51. The standard InChI is InChI=1S/C31H45N3O12.C4H10N2O.C2H6/c1-17(2)23(37)8-10-43-11-9-26(38)34-29(18(3)4)30(40)32-15-27(39)33-22-7-6-20(16-44-19(5)35)12-24(22)45-28-14-21(36)13-25(46-28)31(41)42;1-2-3-6-4(5)7;1-2/h6-7,12,17-18,21,25,28-29,36H,8-11,13-16H2,1-5H3,(H,32,40)(H,33,39)(H,34,38)(H,41,42);2-3H2,1H3,(H3,5,6,7);1-2H3. The van der Waals surface area contributed by atoms with Crippen molar-refractivity contribution in [2.45, 2.75) is 119 Å². The number of aliphatic hydroxyl groups excluding tert-OH is 1. The van der Waals surface area contributed by atoms with Crippen molar-refractivity contribution in [2.24, 2.45) is 17.6 Å². The van der Waals surface area contributed by atoms with Gasteiger partial charge >= 0.3 is 18.0 Å². The van der Waals surface area contributed by atoms with Crippen LogP contribution in [0.3, 0.4) is 0 Å². The summed E-state index contributed by atoms with van der Waals surface area (Å²) in [6, 6.07) is 3.13. The number of Topliss-reactive ketones (excluding diaryl/α,β-unsaturated/α-hetero) is 1. The zero-order valence-electron chi connectivity index (χ0n) is 33.2. The van der Waals surface area contributed by atoms with E-state index in [1.807, 2.05) is 20.8 Å². The summed E-state index contributed by atoms with van der Waals surface area (Å²) in [5, 5.41) is 29.6. The van der Waals surface area contributed by atoms with Gasteiger partial charge in [-0.05, 0) is 30.0 Å². The van der Waals surface area contributed by atoms with E-state index in [0.717, 1.165) is 6.42 Å². The summed E-state index contributed by atoms with van der Waals surface area (Å²) in [5.74, 6) is -3.71. The molecule has 18 nitrogen and oxygen atoms in total. The lowest BCUT2D eigenvalue weighted by molar-refractivity contribution is -0.195. The molecule has 0 aromatic heterocycles. The van der Waals surface area contributed by atoms with E-state index in [0.29, 0.717) is 12.1 Å². The second-order valence-corrected chi connectivity index (χ2v) is 12.8. The molecule has 1 heterocycles. The molecule has 0 bridgehead atoms. The van der Waals surface area contributed by atoms with Crippen LogP contribution in [0, 0.1) is 11.8 Å². The highest BCUT2D eigenvalue weighted by atomic mass is 16.7. The van der Waals surface area contributed by atoms with Crippen LogP contribution in [0.15, 0.2) is 18.2 Å². The van der Waals surface area contributed by atoms with Crippen LogP contribution in [0.2, 0.25) is 0 Å². The molecular weight excluding hydrogens is 722 g/mol. The Morgan fingerprint density at radius 2 is 1.62 bits per heavy atom. The van der Waals surface area contributed by atoms with Crippen molar-refractivity contribution >= 4 is 47.2 Å². The number of nitrogens with one attached hydrogen (secondary N) is 4. The van der Waals surface area contributed by atoms with Crippen LogP contribution >= 0.6 is 0 Å².